The van der Waals surface area contributed by atoms with Crippen LogP contribution >= 0.6 is 11.6 Å². The van der Waals surface area contributed by atoms with Gasteiger partial charge >= 0.3 is 0 Å². The van der Waals surface area contributed by atoms with Crippen LogP contribution in [0, 0.1) is 0 Å². The number of benzene rings is 1. The molecule has 1 aromatic carbocycles. The molecular weight excluding hydrogens is 224 g/mol. The Morgan fingerprint density at radius 3 is 3.12 bits per heavy atom. The van der Waals surface area contributed by atoms with Crippen LogP contribution in [0.5, 0.6) is 5.75 Å². The fourth-order valence-corrected chi connectivity index (χ4v) is 2.06. The lowest BCUT2D eigenvalue weighted by atomic mass is 9.89. The van der Waals surface area contributed by atoms with E-state index in [1.165, 1.54) is 5.56 Å². The molecule has 2 rings (SSSR count). The van der Waals surface area contributed by atoms with Gasteiger partial charge in [0.25, 0.3) is 0 Å². The van der Waals surface area contributed by atoms with Crippen LogP contribution in [0.2, 0.25) is 0 Å². The monoisotopic (exact) mass is 238 g/mol. The quantitative estimate of drug-likeness (QED) is 0.877. The molecule has 1 aromatic rings. The minimum Gasteiger partial charge on any atom is -0.488 e. The van der Waals surface area contributed by atoms with E-state index in [1.54, 1.807) is 0 Å². The number of ether oxygens (including phenoxy) is 1. The predicted molar refractivity (Wildman–Crippen MR) is 64.8 cm³/mol. The molecule has 3 heteroatoms. The van der Waals surface area contributed by atoms with Gasteiger partial charge in [0, 0.05) is 5.03 Å². The van der Waals surface area contributed by atoms with Crippen molar-refractivity contribution in [3.05, 3.63) is 40.9 Å². The lowest BCUT2D eigenvalue weighted by Gasteiger charge is -2.21. The summed E-state index contributed by atoms with van der Waals surface area (Å²) in [7, 11) is 0. The van der Waals surface area contributed by atoms with Gasteiger partial charge in [-0.3, -0.25) is 0 Å². The third kappa shape index (κ3) is 2.57. The summed E-state index contributed by atoms with van der Waals surface area (Å²) >= 11 is 5.63. The molecule has 1 aliphatic rings. The summed E-state index contributed by atoms with van der Waals surface area (Å²) in [5, 5.41) is 10.3. The molecule has 0 amide bonds. The molecule has 0 saturated heterocycles. The lowest BCUT2D eigenvalue weighted by molar-refractivity contribution is 0.156. The Labute approximate surface area is 101 Å². The number of aliphatic hydroxyl groups is 1. The summed E-state index contributed by atoms with van der Waals surface area (Å²) in [4.78, 5) is 0. The van der Waals surface area contributed by atoms with Gasteiger partial charge in [-0.05, 0) is 42.5 Å². The highest BCUT2D eigenvalue weighted by atomic mass is 35.5. The minimum absolute atomic E-state index is 0.302. The van der Waals surface area contributed by atoms with Crippen molar-refractivity contribution in [1.29, 1.82) is 0 Å². The molecule has 0 aromatic heterocycles. The SMILES string of the molecule is C=C(Cl)COc1ccc2c(c1)[C@H](O)CCC2. The van der Waals surface area contributed by atoms with Crippen molar-refractivity contribution in [2.45, 2.75) is 25.4 Å². The normalized spacial score (nSPS) is 19.0. The number of hydrogen-bond donors (Lipinski definition) is 1. The van der Waals surface area contributed by atoms with Gasteiger partial charge in [0.05, 0.1) is 6.10 Å². The fourth-order valence-electron chi connectivity index (χ4n) is 2.00. The number of fused-ring (bicyclic) bond motifs is 1. The highest BCUT2D eigenvalue weighted by molar-refractivity contribution is 6.29. The molecular formula is C13H15ClO2. The van der Waals surface area contributed by atoms with Crippen LogP contribution < -0.4 is 4.74 Å². The largest absolute Gasteiger partial charge is 0.488 e. The smallest absolute Gasteiger partial charge is 0.123 e. The molecule has 1 aliphatic carbocycles. The van der Waals surface area contributed by atoms with Crippen molar-refractivity contribution < 1.29 is 9.84 Å². The van der Waals surface area contributed by atoms with E-state index in [2.05, 4.69) is 6.58 Å². The van der Waals surface area contributed by atoms with Crippen molar-refractivity contribution in [1.82, 2.24) is 0 Å². The zero-order chi connectivity index (χ0) is 11.5. The Morgan fingerprint density at radius 2 is 2.38 bits per heavy atom. The second-order valence-corrected chi connectivity index (χ2v) is 4.61. The van der Waals surface area contributed by atoms with E-state index in [1.807, 2.05) is 18.2 Å². The van der Waals surface area contributed by atoms with Crippen molar-refractivity contribution in [3.8, 4) is 5.75 Å². The molecule has 16 heavy (non-hydrogen) atoms. The summed E-state index contributed by atoms with van der Waals surface area (Å²) in [6.45, 7) is 3.87. The third-order valence-corrected chi connectivity index (χ3v) is 2.90. The van der Waals surface area contributed by atoms with Crippen LogP contribution in [-0.4, -0.2) is 11.7 Å². The molecule has 0 fully saturated rings. The molecule has 0 spiro atoms. The Morgan fingerprint density at radius 1 is 1.56 bits per heavy atom. The maximum Gasteiger partial charge on any atom is 0.123 e. The average Bonchev–Trinajstić information content (AvgIpc) is 2.27. The summed E-state index contributed by atoms with van der Waals surface area (Å²) in [5.41, 5.74) is 2.21. The van der Waals surface area contributed by atoms with Crippen molar-refractivity contribution >= 4 is 11.6 Å². The van der Waals surface area contributed by atoms with Gasteiger partial charge in [0.15, 0.2) is 0 Å². The number of rotatable bonds is 3. The first kappa shape index (κ1) is 11.5. The summed E-state index contributed by atoms with van der Waals surface area (Å²) in [5.74, 6) is 0.738. The summed E-state index contributed by atoms with van der Waals surface area (Å²) < 4.78 is 5.44. The van der Waals surface area contributed by atoms with Crippen LogP contribution in [0.1, 0.15) is 30.1 Å². The Hall–Kier alpha value is -0.990. The van der Waals surface area contributed by atoms with Gasteiger partial charge < -0.3 is 9.84 Å². The van der Waals surface area contributed by atoms with Crippen LogP contribution in [-0.2, 0) is 6.42 Å². The maximum absolute atomic E-state index is 9.86. The van der Waals surface area contributed by atoms with Crippen LogP contribution in [0.25, 0.3) is 0 Å². The summed E-state index contributed by atoms with van der Waals surface area (Å²) in [6, 6.07) is 5.83. The first-order chi connectivity index (χ1) is 7.66. The van der Waals surface area contributed by atoms with Crippen molar-refractivity contribution in [2.75, 3.05) is 6.61 Å². The molecule has 1 atom stereocenters. The molecule has 2 nitrogen and oxygen atoms in total. The van der Waals surface area contributed by atoms with E-state index in [9.17, 15) is 5.11 Å². The van der Waals surface area contributed by atoms with Gasteiger partial charge in [-0.15, -0.1) is 0 Å². The van der Waals surface area contributed by atoms with Gasteiger partial charge in [-0.2, -0.15) is 0 Å². The zero-order valence-corrected chi connectivity index (χ0v) is 9.83. The predicted octanol–water partition coefficient (Wildman–Crippen LogP) is 3.19. The molecule has 0 aliphatic heterocycles. The van der Waals surface area contributed by atoms with E-state index < -0.39 is 0 Å². The minimum atomic E-state index is -0.355. The Kier molecular flexibility index (Phi) is 3.52. The standard InChI is InChI=1S/C13H15ClO2/c1-9(14)8-16-11-6-5-10-3-2-4-13(15)12(10)7-11/h5-7,13,15H,1-4,8H2/t13-/m1/s1. The molecule has 0 unspecified atom stereocenters. The van der Waals surface area contributed by atoms with Gasteiger partial charge in [-0.25, -0.2) is 0 Å². The number of hydrogen-bond acceptors (Lipinski definition) is 2. The zero-order valence-electron chi connectivity index (χ0n) is 9.08. The lowest BCUT2D eigenvalue weighted by Crippen LogP contribution is -2.09. The molecule has 1 N–H and O–H groups in total. The van der Waals surface area contributed by atoms with Crippen molar-refractivity contribution in [3.63, 3.8) is 0 Å². The number of aryl methyl sites for hydroxylation is 1. The second kappa shape index (κ2) is 4.89. The summed E-state index contributed by atoms with van der Waals surface area (Å²) in [6.07, 6.45) is 2.56. The topological polar surface area (TPSA) is 29.5 Å². The van der Waals surface area contributed by atoms with Crippen molar-refractivity contribution in [2.24, 2.45) is 0 Å². The fraction of sp³-hybridized carbons (Fsp3) is 0.385. The molecule has 0 bridgehead atoms. The molecule has 86 valence electrons. The molecule has 0 radical (unpaired) electrons. The number of halogens is 1. The first-order valence-corrected chi connectivity index (χ1v) is 5.81. The highest BCUT2D eigenvalue weighted by Crippen LogP contribution is 2.32. The Bertz CT molecular complexity index is 401. The van der Waals surface area contributed by atoms with Gasteiger partial charge in [0.2, 0.25) is 0 Å². The van der Waals surface area contributed by atoms with Crippen LogP contribution in [0.4, 0.5) is 0 Å². The maximum atomic E-state index is 9.86. The van der Waals surface area contributed by atoms with E-state index in [0.29, 0.717) is 11.6 Å². The van der Waals surface area contributed by atoms with Crippen LogP contribution in [0.15, 0.2) is 29.8 Å². The Balaban J connectivity index is 2.17. The molecule has 0 saturated carbocycles. The van der Waals surface area contributed by atoms with E-state index >= 15 is 0 Å². The van der Waals surface area contributed by atoms with E-state index in [-0.39, 0.29) is 6.10 Å². The van der Waals surface area contributed by atoms with E-state index in [4.69, 9.17) is 16.3 Å². The van der Waals surface area contributed by atoms with Gasteiger partial charge in [-0.1, -0.05) is 24.2 Å². The van der Waals surface area contributed by atoms with Crippen LogP contribution in [0.3, 0.4) is 0 Å². The number of aliphatic hydroxyl groups excluding tert-OH is 1. The third-order valence-electron chi connectivity index (χ3n) is 2.80. The average molecular weight is 239 g/mol. The van der Waals surface area contributed by atoms with Gasteiger partial charge in [0.1, 0.15) is 12.4 Å². The molecule has 0 heterocycles. The first-order valence-electron chi connectivity index (χ1n) is 5.44. The highest BCUT2D eigenvalue weighted by Gasteiger charge is 2.18. The second-order valence-electron chi connectivity index (χ2n) is 4.07. The van der Waals surface area contributed by atoms with E-state index in [0.717, 1.165) is 30.6 Å².